The standard InChI is InChI=1S/C10H10N2O.C10H10N2S.4C2H6/c2*1-7-11-9-6-4-3-5-8(9)10(13)12(7)2;4*1-2/h2*3-6H,1-2H3;4*1-2H3. The van der Waals surface area contributed by atoms with Crippen LogP contribution >= 0.6 is 12.2 Å². The second kappa shape index (κ2) is 18.6. The fourth-order valence-electron chi connectivity index (χ4n) is 2.66. The van der Waals surface area contributed by atoms with E-state index < -0.39 is 0 Å². The predicted octanol–water partition coefficient (Wildman–Crippen LogP) is 7.96. The molecule has 2 aromatic heterocycles. The van der Waals surface area contributed by atoms with Crippen molar-refractivity contribution in [2.45, 2.75) is 69.2 Å². The summed E-state index contributed by atoms with van der Waals surface area (Å²) >= 11 is 5.31. The smallest absolute Gasteiger partial charge is 0.261 e. The minimum absolute atomic E-state index is 0.0168. The maximum absolute atomic E-state index is 11.7. The number of nitrogens with zero attached hydrogens (tertiary/aromatic N) is 4. The topological polar surface area (TPSA) is 52.7 Å². The fourth-order valence-corrected chi connectivity index (χ4v) is 2.96. The Morgan fingerprint density at radius 1 is 0.618 bits per heavy atom. The van der Waals surface area contributed by atoms with Gasteiger partial charge in [-0.25, -0.2) is 9.97 Å². The van der Waals surface area contributed by atoms with Crippen LogP contribution in [0.3, 0.4) is 0 Å². The molecule has 0 aliphatic heterocycles. The lowest BCUT2D eigenvalue weighted by atomic mass is 10.2. The summed E-state index contributed by atoms with van der Waals surface area (Å²) in [5, 5.41) is 1.72. The molecule has 0 fully saturated rings. The molecule has 4 rings (SSSR count). The molecule has 188 valence electrons. The van der Waals surface area contributed by atoms with Crippen molar-refractivity contribution in [3.8, 4) is 0 Å². The molecule has 6 heteroatoms. The number of para-hydroxylation sites is 2. The highest BCUT2D eigenvalue weighted by molar-refractivity contribution is 7.71. The SMILES string of the molecule is CC.CC.CC.CC.Cc1nc2ccccc2c(=O)n1C.Cc1nc2ccccc2c(=S)n1C. The number of rotatable bonds is 0. The summed E-state index contributed by atoms with van der Waals surface area (Å²) in [7, 11) is 3.67. The molecule has 0 saturated heterocycles. The Labute approximate surface area is 211 Å². The molecule has 4 aromatic rings. The fraction of sp³-hybridized carbons (Fsp3) is 0.429. The highest BCUT2D eigenvalue weighted by Gasteiger charge is 2.02. The lowest BCUT2D eigenvalue weighted by Gasteiger charge is -2.05. The van der Waals surface area contributed by atoms with Crippen molar-refractivity contribution < 1.29 is 0 Å². The molecule has 0 N–H and O–H groups in total. The summed E-state index contributed by atoms with van der Waals surface area (Å²) in [5.74, 6) is 1.69. The van der Waals surface area contributed by atoms with E-state index in [9.17, 15) is 4.79 Å². The van der Waals surface area contributed by atoms with Gasteiger partial charge in [0.1, 0.15) is 16.3 Å². The van der Waals surface area contributed by atoms with E-state index in [-0.39, 0.29) is 5.56 Å². The normalized spacial score (nSPS) is 8.82. The minimum atomic E-state index is 0.0168. The summed E-state index contributed by atoms with van der Waals surface area (Å²) in [6.45, 7) is 19.8. The molecule has 0 radical (unpaired) electrons. The van der Waals surface area contributed by atoms with Gasteiger partial charge in [0.2, 0.25) is 0 Å². The molecule has 0 spiro atoms. The van der Waals surface area contributed by atoms with Crippen LogP contribution in [0.2, 0.25) is 0 Å². The number of aryl methyl sites for hydroxylation is 2. The van der Waals surface area contributed by atoms with Gasteiger partial charge in [-0.15, -0.1) is 0 Å². The summed E-state index contributed by atoms with van der Waals surface area (Å²) in [5.41, 5.74) is 1.76. The first-order valence-corrected chi connectivity index (χ1v) is 12.7. The van der Waals surface area contributed by atoms with Crippen molar-refractivity contribution in [2.75, 3.05) is 0 Å². The zero-order valence-electron chi connectivity index (χ0n) is 23.2. The lowest BCUT2D eigenvalue weighted by molar-refractivity contribution is 0.792. The van der Waals surface area contributed by atoms with Crippen LogP contribution in [-0.2, 0) is 14.1 Å². The number of benzene rings is 2. The zero-order chi connectivity index (χ0) is 26.8. The monoisotopic (exact) mass is 484 g/mol. The summed E-state index contributed by atoms with van der Waals surface area (Å²) < 4.78 is 4.34. The van der Waals surface area contributed by atoms with Gasteiger partial charge >= 0.3 is 0 Å². The average Bonchev–Trinajstić information content (AvgIpc) is 2.91. The summed E-state index contributed by atoms with van der Waals surface area (Å²) in [6, 6.07) is 15.3. The molecule has 0 atom stereocenters. The number of hydrogen-bond donors (Lipinski definition) is 0. The van der Waals surface area contributed by atoms with Crippen LogP contribution < -0.4 is 5.56 Å². The van der Waals surface area contributed by atoms with Crippen LogP contribution in [0.1, 0.15) is 67.0 Å². The van der Waals surface area contributed by atoms with Gasteiger partial charge in [-0.05, 0) is 38.1 Å². The molecular weight excluding hydrogens is 440 g/mol. The first-order chi connectivity index (χ1) is 16.4. The van der Waals surface area contributed by atoms with E-state index in [0.717, 1.165) is 32.7 Å². The van der Waals surface area contributed by atoms with Crippen LogP contribution in [0.15, 0.2) is 53.3 Å². The highest BCUT2D eigenvalue weighted by Crippen LogP contribution is 2.13. The van der Waals surface area contributed by atoms with Crippen molar-refractivity contribution >= 4 is 34.0 Å². The predicted molar refractivity (Wildman–Crippen MR) is 153 cm³/mol. The van der Waals surface area contributed by atoms with E-state index in [1.807, 2.05) is 123 Å². The van der Waals surface area contributed by atoms with Gasteiger partial charge in [0.15, 0.2) is 0 Å². The van der Waals surface area contributed by atoms with E-state index in [4.69, 9.17) is 12.2 Å². The molecular formula is C28H44N4OS. The average molecular weight is 485 g/mol. The van der Waals surface area contributed by atoms with Crippen molar-refractivity contribution in [3.63, 3.8) is 0 Å². The van der Waals surface area contributed by atoms with Gasteiger partial charge in [0.25, 0.3) is 5.56 Å². The zero-order valence-corrected chi connectivity index (χ0v) is 24.0. The van der Waals surface area contributed by atoms with Crippen LogP contribution in [0.25, 0.3) is 21.8 Å². The molecule has 34 heavy (non-hydrogen) atoms. The second-order valence-electron chi connectivity index (χ2n) is 6.08. The van der Waals surface area contributed by atoms with Crippen molar-refractivity contribution in [2.24, 2.45) is 14.1 Å². The minimum Gasteiger partial charge on any atom is -0.324 e. The van der Waals surface area contributed by atoms with Crippen LogP contribution in [-0.4, -0.2) is 19.1 Å². The van der Waals surface area contributed by atoms with Gasteiger partial charge in [0.05, 0.1) is 16.4 Å². The maximum Gasteiger partial charge on any atom is 0.261 e. The third-order valence-electron chi connectivity index (χ3n) is 4.41. The quantitative estimate of drug-likeness (QED) is 0.238. The van der Waals surface area contributed by atoms with Crippen LogP contribution in [0.5, 0.6) is 0 Å². The lowest BCUT2D eigenvalue weighted by Crippen LogP contribution is -2.20. The summed E-state index contributed by atoms with van der Waals surface area (Å²) in [6.07, 6.45) is 0. The molecule has 0 saturated carbocycles. The van der Waals surface area contributed by atoms with E-state index in [0.29, 0.717) is 5.39 Å². The third-order valence-corrected chi connectivity index (χ3v) is 4.91. The van der Waals surface area contributed by atoms with Gasteiger partial charge < -0.3 is 4.57 Å². The van der Waals surface area contributed by atoms with Gasteiger partial charge in [-0.2, -0.15) is 0 Å². The van der Waals surface area contributed by atoms with E-state index >= 15 is 0 Å². The molecule has 2 aromatic carbocycles. The second-order valence-corrected chi connectivity index (χ2v) is 6.47. The Hall–Kier alpha value is -2.86. The Morgan fingerprint density at radius 2 is 0.971 bits per heavy atom. The van der Waals surface area contributed by atoms with Crippen molar-refractivity contribution in [1.82, 2.24) is 19.1 Å². The van der Waals surface area contributed by atoms with E-state index in [2.05, 4.69) is 9.97 Å². The number of fused-ring (bicyclic) bond motifs is 2. The van der Waals surface area contributed by atoms with Gasteiger partial charge in [-0.3, -0.25) is 9.36 Å². The largest absolute Gasteiger partial charge is 0.324 e. The van der Waals surface area contributed by atoms with Crippen molar-refractivity contribution in [3.05, 3.63) is 75.2 Å². The molecule has 0 bridgehead atoms. The van der Waals surface area contributed by atoms with Crippen molar-refractivity contribution in [1.29, 1.82) is 0 Å². The number of aromatic nitrogens is 4. The van der Waals surface area contributed by atoms with Crippen LogP contribution in [0, 0.1) is 18.5 Å². The number of hydrogen-bond acceptors (Lipinski definition) is 4. The van der Waals surface area contributed by atoms with E-state index in [1.54, 1.807) is 17.7 Å². The molecule has 0 amide bonds. The Balaban J connectivity index is 0. The Morgan fingerprint density at radius 3 is 1.44 bits per heavy atom. The first kappa shape index (κ1) is 33.3. The molecule has 0 aliphatic carbocycles. The molecule has 2 heterocycles. The Bertz CT molecular complexity index is 1130. The van der Waals surface area contributed by atoms with E-state index in [1.165, 1.54) is 0 Å². The van der Waals surface area contributed by atoms with Gasteiger partial charge in [-0.1, -0.05) is 91.9 Å². The first-order valence-electron chi connectivity index (χ1n) is 12.2. The highest BCUT2D eigenvalue weighted by atomic mass is 32.1. The summed E-state index contributed by atoms with van der Waals surface area (Å²) in [4.78, 5) is 20.4. The third kappa shape index (κ3) is 8.82. The van der Waals surface area contributed by atoms with Crippen LogP contribution in [0.4, 0.5) is 0 Å². The molecule has 0 aliphatic rings. The van der Waals surface area contributed by atoms with Gasteiger partial charge in [0, 0.05) is 19.5 Å². The Kier molecular flexibility index (Phi) is 18.2. The molecule has 0 unspecified atom stereocenters. The maximum atomic E-state index is 11.7. The molecule has 5 nitrogen and oxygen atoms in total.